The molecule has 0 aliphatic heterocycles. The highest BCUT2D eigenvalue weighted by molar-refractivity contribution is 9.10. The van der Waals surface area contributed by atoms with Gasteiger partial charge in [0.15, 0.2) is 0 Å². The number of anilines is 2. The van der Waals surface area contributed by atoms with Gasteiger partial charge in [-0.15, -0.1) is 0 Å². The van der Waals surface area contributed by atoms with Gasteiger partial charge in [0.1, 0.15) is 0 Å². The van der Waals surface area contributed by atoms with E-state index in [4.69, 9.17) is 0 Å². The topological polar surface area (TPSA) is 58.2 Å². The molecule has 0 radical (unpaired) electrons. The third-order valence-corrected chi connectivity index (χ3v) is 5.70. The van der Waals surface area contributed by atoms with E-state index in [9.17, 15) is 9.59 Å². The average molecular weight is 465 g/mol. The lowest BCUT2D eigenvalue weighted by atomic mass is 9.87. The number of rotatable bonds is 4. The van der Waals surface area contributed by atoms with Crippen LogP contribution in [0.4, 0.5) is 11.4 Å². The molecule has 3 aromatic carbocycles. The van der Waals surface area contributed by atoms with E-state index in [0.29, 0.717) is 22.5 Å². The van der Waals surface area contributed by atoms with Gasteiger partial charge in [-0.3, -0.25) is 9.59 Å². The maximum atomic E-state index is 12.5. The third kappa shape index (κ3) is 5.36. The zero-order chi connectivity index (χ0) is 21.9. The van der Waals surface area contributed by atoms with Gasteiger partial charge in [0, 0.05) is 27.0 Å². The van der Waals surface area contributed by atoms with Crippen molar-refractivity contribution in [1.29, 1.82) is 0 Å². The quantitative estimate of drug-likeness (QED) is 0.459. The highest BCUT2D eigenvalue weighted by Crippen LogP contribution is 2.23. The predicted molar refractivity (Wildman–Crippen MR) is 126 cm³/mol. The van der Waals surface area contributed by atoms with Gasteiger partial charge in [-0.25, -0.2) is 0 Å². The standard InChI is InChI=1S/C25H25BrN2O2/c1-16-5-6-18(15-22(16)26)24(30)28-21-13-11-20(12-14-21)27-23(29)17-7-9-19(10-8-17)25(2,3)4/h5-15H,1-4H3,(H,27,29)(H,28,30). The summed E-state index contributed by atoms with van der Waals surface area (Å²) in [6.07, 6.45) is 0. The number of hydrogen-bond donors (Lipinski definition) is 2. The molecule has 2 N–H and O–H groups in total. The first-order valence-corrected chi connectivity index (χ1v) is 10.5. The Balaban J connectivity index is 1.63. The van der Waals surface area contributed by atoms with Gasteiger partial charge >= 0.3 is 0 Å². The van der Waals surface area contributed by atoms with E-state index in [1.54, 1.807) is 36.4 Å². The smallest absolute Gasteiger partial charge is 0.255 e. The summed E-state index contributed by atoms with van der Waals surface area (Å²) < 4.78 is 0.892. The van der Waals surface area contributed by atoms with Crippen molar-refractivity contribution in [2.45, 2.75) is 33.1 Å². The predicted octanol–water partition coefficient (Wildman–Crippen LogP) is 6.56. The number of nitrogens with one attached hydrogen (secondary N) is 2. The Hall–Kier alpha value is -2.92. The fourth-order valence-corrected chi connectivity index (χ4v) is 3.28. The van der Waals surface area contributed by atoms with Crippen molar-refractivity contribution in [2.75, 3.05) is 10.6 Å². The number of benzene rings is 3. The molecule has 3 rings (SSSR count). The van der Waals surface area contributed by atoms with E-state index >= 15 is 0 Å². The molecule has 0 heterocycles. The molecule has 2 amide bonds. The summed E-state index contributed by atoms with van der Waals surface area (Å²) in [7, 11) is 0. The maximum Gasteiger partial charge on any atom is 0.255 e. The molecule has 3 aromatic rings. The van der Waals surface area contributed by atoms with Crippen molar-refractivity contribution in [2.24, 2.45) is 0 Å². The monoisotopic (exact) mass is 464 g/mol. The molecule has 30 heavy (non-hydrogen) atoms. The average Bonchev–Trinajstić information content (AvgIpc) is 2.71. The molecule has 0 saturated heterocycles. The summed E-state index contributed by atoms with van der Waals surface area (Å²) in [4.78, 5) is 24.9. The van der Waals surface area contributed by atoms with Crippen molar-refractivity contribution in [3.05, 3.63) is 93.5 Å². The lowest BCUT2D eigenvalue weighted by molar-refractivity contribution is 0.101. The summed E-state index contributed by atoms with van der Waals surface area (Å²) in [5.41, 5.74) is 4.79. The second-order valence-corrected chi connectivity index (χ2v) is 9.13. The van der Waals surface area contributed by atoms with Crippen molar-refractivity contribution in [3.8, 4) is 0 Å². The molecule has 0 bridgehead atoms. The van der Waals surface area contributed by atoms with E-state index in [-0.39, 0.29) is 17.2 Å². The second kappa shape index (κ2) is 8.84. The number of amides is 2. The molecule has 0 spiro atoms. The Morgan fingerprint density at radius 3 is 1.67 bits per heavy atom. The number of aryl methyl sites for hydroxylation is 1. The second-order valence-electron chi connectivity index (χ2n) is 8.28. The normalized spacial score (nSPS) is 11.1. The minimum absolute atomic E-state index is 0.0456. The van der Waals surface area contributed by atoms with E-state index in [2.05, 4.69) is 47.3 Å². The molecular weight excluding hydrogens is 440 g/mol. The number of carbonyl (C=O) groups is 2. The van der Waals surface area contributed by atoms with E-state index in [0.717, 1.165) is 10.0 Å². The summed E-state index contributed by atoms with van der Waals surface area (Å²) in [6, 6.07) is 20.2. The maximum absolute atomic E-state index is 12.5. The van der Waals surface area contributed by atoms with Crippen molar-refractivity contribution in [3.63, 3.8) is 0 Å². The van der Waals surface area contributed by atoms with Crippen LogP contribution in [0.25, 0.3) is 0 Å². The van der Waals surface area contributed by atoms with Gasteiger partial charge < -0.3 is 10.6 Å². The summed E-state index contributed by atoms with van der Waals surface area (Å²) >= 11 is 3.44. The molecule has 0 atom stereocenters. The van der Waals surface area contributed by atoms with Crippen LogP contribution in [-0.4, -0.2) is 11.8 Å². The lowest BCUT2D eigenvalue weighted by Crippen LogP contribution is -2.14. The van der Waals surface area contributed by atoms with Gasteiger partial charge in [-0.2, -0.15) is 0 Å². The molecule has 4 nitrogen and oxygen atoms in total. The van der Waals surface area contributed by atoms with Crippen LogP contribution in [0.3, 0.4) is 0 Å². The van der Waals surface area contributed by atoms with Crippen LogP contribution in [0.5, 0.6) is 0 Å². The van der Waals surface area contributed by atoms with Crippen molar-refractivity contribution >= 4 is 39.1 Å². The van der Waals surface area contributed by atoms with Crippen LogP contribution in [-0.2, 0) is 5.41 Å². The SMILES string of the molecule is Cc1ccc(C(=O)Nc2ccc(NC(=O)c3ccc(C(C)(C)C)cc3)cc2)cc1Br. The van der Waals surface area contributed by atoms with Crippen LogP contribution >= 0.6 is 15.9 Å². The van der Waals surface area contributed by atoms with Gasteiger partial charge in [0.05, 0.1) is 0 Å². The minimum atomic E-state index is -0.188. The Kier molecular flexibility index (Phi) is 6.42. The first-order chi connectivity index (χ1) is 14.1. The largest absolute Gasteiger partial charge is 0.322 e. The van der Waals surface area contributed by atoms with Gasteiger partial charge in [0.2, 0.25) is 0 Å². The first-order valence-electron chi connectivity index (χ1n) is 9.73. The number of halogens is 1. The van der Waals surface area contributed by atoms with Crippen LogP contribution in [0, 0.1) is 6.92 Å². The zero-order valence-corrected chi connectivity index (χ0v) is 19.1. The Bertz CT molecular complexity index is 1070. The minimum Gasteiger partial charge on any atom is -0.322 e. The van der Waals surface area contributed by atoms with Gasteiger partial charge in [-0.1, -0.05) is 54.9 Å². The molecule has 0 saturated carbocycles. The van der Waals surface area contributed by atoms with Gasteiger partial charge in [-0.05, 0) is 72.0 Å². The first kappa shape index (κ1) is 21.8. The van der Waals surface area contributed by atoms with Gasteiger partial charge in [0.25, 0.3) is 11.8 Å². The third-order valence-electron chi connectivity index (χ3n) is 4.85. The van der Waals surface area contributed by atoms with E-state index < -0.39 is 0 Å². The summed E-state index contributed by atoms with van der Waals surface area (Å²) in [5, 5.41) is 5.75. The lowest BCUT2D eigenvalue weighted by Gasteiger charge is -2.19. The van der Waals surface area contributed by atoms with Crippen LogP contribution in [0.2, 0.25) is 0 Å². The van der Waals surface area contributed by atoms with E-state index in [1.807, 2.05) is 37.3 Å². The fraction of sp³-hybridized carbons (Fsp3) is 0.200. The summed E-state index contributed by atoms with van der Waals surface area (Å²) in [5.74, 6) is -0.358. The van der Waals surface area contributed by atoms with Crippen molar-refractivity contribution < 1.29 is 9.59 Å². The molecule has 0 aromatic heterocycles. The molecular formula is C25H25BrN2O2. The zero-order valence-electron chi connectivity index (χ0n) is 17.5. The molecule has 0 fully saturated rings. The number of hydrogen-bond acceptors (Lipinski definition) is 2. The molecule has 5 heteroatoms. The molecule has 154 valence electrons. The Labute approximate surface area is 185 Å². The Morgan fingerprint density at radius 1 is 0.733 bits per heavy atom. The van der Waals surface area contributed by atoms with Crippen LogP contribution in [0.15, 0.2) is 71.2 Å². The molecule has 0 aliphatic rings. The highest BCUT2D eigenvalue weighted by Gasteiger charge is 2.14. The fourth-order valence-electron chi connectivity index (χ4n) is 2.90. The summed E-state index contributed by atoms with van der Waals surface area (Å²) in [6.45, 7) is 8.39. The van der Waals surface area contributed by atoms with E-state index in [1.165, 1.54) is 5.56 Å². The highest BCUT2D eigenvalue weighted by atomic mass is 79.9. The van der Waals surface area contributed by atoms with Crippen LogP contribution < -0.4 is 10.6 Å². The Morgan fingerprint density at radius 2 is 1.20 bits per heavy atom. The number of carbonyl (C=O) groups excluding carboxylic acids is 2. The van der Waals surface area contributed by atoms with Crippen molar-refractivity contribution in [1.82, 2.24) is 0 Å². The molecule has 0 aliphatic carbocycles. The van der Waals surface area contributed by atoms with Crippen LogP contribution in [0.1, 0.15) is 52.6 Å². The molecule has 0 unspecified atom stereocenters.